The average Bonchev–Trinajstić information content (AvgIpc) is 3.80. The fraction of sp³-hybridized carbons (Fsp3) is 0.364. The topological polar surface area (TPSA) is 159 Å². The summed E-state index contributed by atoms with van der Waals surface area (Å²) in [6.45, 7) is 1.71. The van der Waals surface area contributed by atoms with E-state index in [0.717, 1.165) is 6.07 Å². The number of rotatable bonds is 9. The zero-order chi connectivity index (χ0) is 26.7. The van der Waals surface area contributed by atoms with Gasteiger partial charge in [-0.25, -0.2) is 22.8 Å². The van der Waals surface area contributed by atoms with Crippen molar-refractivity contribution in [1.29, 1.82) is 0 Å². The van der Waals surface area contributed by atoms with Crippen LogP contribution in [0, 0.1) is 29.1 Å². The highest BCUT2D eigenvalue weighted by molar-refractivity contribution is 5.88. The standard InChI is InChI=1S/C13H6F5NO5.C7H7NO5.2CH4/c14-7-8(15)10(17)12(11(18)9(7)16)23-13(20)5-1-6(19-24-5)22-3-4-2-21-4;9-7(10)5-1-6(8-13-5)12-3-4-2-11-4;;/h1,4H,2-3H2;1,4H,2-3H2,(H,9,10);2*1H4. The van der Waals surface area contributed by atoms with E-state index in [1.165, 1.54) is 6.07 Å². The van der Waals surface area contributed by atoms with Crippen molar-refractivity contribution in [3.63, 3.8) is 0 Å². The third-order valence-electron chi connectivity index (χ3n) is 4.39. The van der Waals surface area contributed by atoms with Crippen molar-refractivity contribution >= 4 is 11.9 Å². The second-order valence-corrected chi connectivity index (χ2v) is 7.19. The Hall–Kier alpha value is -4.25. The molecule has 2 fully saturated rings. The first-order valence-corrected chi connectivity index (χ1v) is 10.0. The molecule has 2 aliphatic rings. The van der Waals surface area contributed by atoms with Gasteiger partial charge in [0.2, 0.25) is 46.4 Å². The van der Waals surface area contributed by atoms with Crippen LogP contribution >= 0.6 is 0 Å². The van der Waals surface area contributed by atoms with Gasteiger partial charge in [0, 0.05) is 0 Å². The zero-order valence-electron chi connectivity index (χ0n) is 18.0. The zero-order valence-corrected chi connectivity index (χ0v) is 18.0. The van der Waals surface area contributed by atoms with Gasteiger partial charge >= 0.3 is 11.9 Å². The predicted octanol–water partition coefficient (Wildman–Crippen LogP) is 3.79. The number of ether oxygens (including phenoxy) is 5. The van der Waals surface area contributed by atoms with Crippen LogP contribution in [0.5, 0.6) is 17.5 Å². The number of hydrogen-bond donors (Lipinski definition) is 1. The second kappa shape index (κ2) is 13.0. The quantitative estimate of drug-likeness (QED) is 0.0995. The van der Waals surface area contributed by atoms with Gasteiger partial charge < -0.3 is 37.8 Å². The van der Waals surface area contributed by atoms with Gasteiger partial charge in [0.15, 0.2) is 0 Å². The van der Waals surface area contributed by atoms with E-state index in [4.69, 9.17) is 24.1 Å². The van der Waals surface area contributed by atoms with Gasteiger partial charge in [0.1, 0.15) is 25.4 Å². The molecule has 214 valence electrons. The largest absolute Gasteiger partial charge is 0.475 e. The summed E-state index contributed by atoms with van der Waals surface area (Å²) in [4.78, 5) is 22.0. The lowest BCUT2D eigenvalue weighted by Crippen LogP contribution is -2.13. The fourth-order valence-corrected chi connectivity index (χ4v) is 2.35. The number of epoxide rings is 2. The van der Waals surface area contributed by atoms with Crippen molar-refractivity contribution < 1.29 is 69.4 Å². The second-order valence-electron chi connectivity index (χ2n) is 7.19. The van der Waals surface area contributed by atoms with Crippen LogP contribution in [0.2, 0.25) is 0 Å². The molecule has 17 heteroatoms. The summed E-state index contributed by atoms with van der Waals surface area (Å²) in [6, 6.07) is 2.15. The third-order valence-corrected chi connectivity index (χ3v) is 4.39. The van der Waals surface area contributed by atoms with E-state index in [1.807, 2.05) is 0 Å². The van der Waals surface area contributed by atoms with Crippen LogP contribution in [-0.4, -0.2) is 66.0 Å². The molecule has 2 saturated heterocycles. The molecule has 2 aliphatic heterocycles. The maximum absolute atomic E-state index is 13.4. The molecule has 2 atom stereocenters. The Kier molecular flexibility index (Phi) is 10.3. The summed E-state index contributed by atoms with van der Waals surface area (Å²) in [5.41, 5.74) is 0. The van der Waals surface area contributed by atoms with E-state index in [-0.39, 0.29) is 51.2 Å². The van der Waals surface area contributed by atoms with Gasteiger partial charge in [-0.1, -0.05) is 14.9 Å². The monoisotopic (exact) mass is 568 g/mol. The SMILES string of the molecule is C.C.O=C(O)c1cc(OCC2CO2)no1.O=C(Oc1c(F)c(F)c(F)c(F)c1F)c1cc(OCC2CO2)no1. The number of aromatic nitrogens is 2. The highest BCUT2D eigenvalue weighted by Crippen LogP contribution is 2.30. The first-order valence-electron chi connectivity index (χ1n) is 10.0. The average molecular weight is 568 g/mol. The summed E-state index contributed by atoms with van der Waals surface area (Å²) < 4.78 is 98.8. The molecule has 39 heavy (non-hydrogen) atoms. The molecular formula is C22H21F5N2O10. The molecule has 0 bridgehead atoms. The van der Waals surface area contributed by atoms with E-state index >= 15 is 0 Å². The minimum atomic E-state index is -2.37. The van der Waals surface area contributed by atoms with Crippen LogP contribution in [0.3, 0.4) is 0 Å². The van der Waals surface area contributed by atoms with Gasteiger partial charge in [0.25, 0.3) is 11.8 Å². The van der Waals surface area contributed by atoms with Gasteiger partial charge in [-0.05, 0) is 10.3 Å². The molecule has 3 aromatic rings. The maximum atomic E-state index is 13.4. The van der Waals surface area contributed by atoms with Crippen molar-refractivity contribution in [3.8, 4) is 17.5 Å². The summed E-state index contributed by atoms with van der Waals surface area (Å²) in [7, 11) is 0. The molecule has 2 unspecified atom stereocenters. The third kappa shape index (κ3) is 7.87. The normalized spacial score (nSPS) is 16.5. The van der Waals surface area contributed by atoms with Crippen LogP contribution in [0.15, 0.2) is 21.2 Å². The molecule has 0 amide bonds. The summed E-state index contributed by atoms with van der Waals surface area (Å²) in [6.07, 6.45) is 0.00966. The Morgan fingerprint density at radius 2 is 1.21 bits per heavy atom. The fourth-order valence-electron chi connectivity index (χ4n) is 2.35. The number of nitrogens with zero attached hydrogens (tertiary/aromatic N) is 2. The number of esters is 1. The molecule has 4 heterocycles. The smallest absolute Gasteiger partial charge is 0.382 e. The summed E-state index contributed by atoms with van der Waals surface area (Å²) in [5.74, 6) is -16.7. The van der Waals surface area contributed by atoms with Gasteiger partial charge in [-0.15, -0.1) is 0 Å². The number of benzene rings is 1. The van der Waals surface area contributed by atoms with Crippen LogP contribution < -0.4 is 14.2 Å². The van der Waals surface area contributed by atoms with Crippen molar-refractivity contribution in [3.05, 3.63) is 52.7 Å². The van der Waals surface area contributed by atoms with Crippen LogP contribution in [0.25, 0.3) is 0 Å². The molecule has 0 spiro atoms. The van der Waals surface area contributed by atoms with Crippen molar-refractivity contribution in [2.45, 2.75) is 27.1 Å². The Morgan fingerprint density at radius 1 is 0.795 bits per heavy atom. The molecule has 5 rings (SSSR count). The number of halogens is 5. The molecule has 0 saturated carbocycles. The minimum absolute atomic E-state index is 0. The summed E-state index contributed by atoms with van der Waals surface area (Å²) >= 11 is 0. The van der Waals surface area contributed by atoms with Crippen molar-refractivity contribution in [2.75, 3.05) is 26.4 Å². The Balaban J connectivity index is 0.000000303. The molecule has 2 aromatic heterocycles. The number of carbonyl (C=O) groups is 2. The van der Waals surface area contributed by atoms with E-state index in [1.54, 1.807) is 0 Å². The number of aromatic carboxylic acids is 1. The Morgan fingerprint density at radius 3 is 1.62 bits per heavy atom. The van der Waals surface area contributed by atoms with Crippen molar-refractivity contribution in [1.82, 2.24) is 10.3 Å². The first-order chi connectivity index (χ1) is 17.6. The van der Waals surface area contributed by atoms with E-state index in [2.05, 4.69) is 24.1 Å². The number of carbonyl (C=O) groups excluding carboxylic acids is 1. The van der Waals surface area contributed by atoms with E-state index in [0.29, 0.717) is 19.8 Å². The highest BCUT2D eigenvalue weighted by atomic mass is 19.2. The predicted molar refractivity (Wildman–Crippen MR) is 115 cm³/mol. The Bertz CT molecular complexity index is 1280. The minimum Gasteiger partial charge on any atom is -0.475 e. The molecule has 1 N–H and O–H groups in total. The summed E-state index contributed by atoms with van der Waals surface area (Å²) in [5, 5.41) is 15.2. The molecule has 1 aromatic carbocycles. The van der Waals surface area contributed by atoms with Crippen LogP contribution in [0.4, 0.5) is 22.0 Å². The molecule has 0 radical (unpaired) electrons. The molecular weight excluding hydrogens is 547 g/mol. The van der Waals surface area contributed by atoms with Gasteiger partial charge in [0.05, 0.1) is 25.3 Å². The van der Waals surface area contributed by atoms with E-state index < -0.39 is 52.5 Å². The van der Waals surface area contributed by atoms with Crippen LogP contribution in [-0.2, 0) is 9.47 Å². The molecule has 0 aliphatic carbocycles. The lowest BCUT2D eigenvalue weighted by Gasteiger charge is -2.07. The maximum Gasteiger partial charge on any atom is 0.382 e. The number of carboxylic acid groups (broad SMARTS) is 1. The highest BCUT2D eigenvalue weighted by Gasteiger charge is 2.30. The van der Waals surface area contributed by atoms with Crippen molar-refractivity contribution in [2.24, 2.45) is 0 Å². The van der Waals surface area contributed by atoms with Gasteiger partial charge in [-0.2, -0.15) is 8.78 Å². The lowest BCUT2D eigenvalue weighted by molar-refractivity contribution is 0.0648. The van der Waals surface area contributed by atoms with E-state index in [9.17, 15) is 31.5 Å². The Labute approximate surface area is 216 Å². The number of carboxylic acids is 1. The number of hydrogen-bond acceptors (Lipinski definition) is 11. The van der Waals surface area contributed by atoms with Gasteiger partial charge in [-0.3, -0.25) is 0 Å². The van der Waals surface area contributed by atoms with Crippen LogP contribution in [0.1, 0.15) is 36.0 Å². The molecule has 12 nitrogen and oxygen atoms in total. The lowest BCUT2D eigenvalue weighted by atomic mass is 10.2. The first kappa shape index (κ1) is 31.0.